The number of benzene rings is 14. The summed E-state index contributed by atoms with van der Waals surface area (Å²) in [6.07, 6.45) is 0. The van der Waals surface area contributed by atoms with Crippen LogP contribution < -0.4 is 26.2 Å². The van der Waals surface area contributed by atoms with Crippen LogP contribution in [0.3, 0.4) is 0 Å². The topological polar surface area (TPSA) is 16.3 Å². The summed E-state index contributed by atoms with van der Waals surface area (Å²) in [5.41, 5.74) is -15.2. The van der Waals surface area contributed by atoms with Gasteiger partial charge in [-0.3, -0.25) is 0 Å². The van der Waals surface area contributed by atoms with Crippen molar-refractivity contribution in [1.29, 1.82) is 0 Å². The lowest BCUT2D eigenvalue weighted by molar-refractivity contribution is 0.569. The number of hydrogen-bond acceptors (Lipinski definition) is 2. The van der Waals surface area contributed by atoms with Crippen molar-refractivity contribution < 1.29 is 46.6 Å². The molecule has 16 aromatic rings. The van der Waals surface area contributed by atoms with Crippen molar-refractivity contribution in [2.45, 2.75) is 262 Å². The SMILES string of the molecule is [2H]c1c([2H])c(C(C)(C)C)c(-c2c([2H])c(C(C)(C)C)c([2H])c(-c3c([2H])c([2H])c(C(C)(C)C)c([2H])c3[2H])c2N2c3cc(-n4c5c([2H])c([2H])c([2H])c([2H])c5c5c([2H])c([2H])c([2H])c([2H])c54)ccc3B3c4ccc(-n5c6c([2H])c([2H])c([2H])c([2H])c6c6c([2H])c([2H])c([2H])c([2H])c65)cc4N(c4c(-c5c([2H])c([2H])c(C(C)(C)C)c([2H])c5[2H])c([2H])c(C(C)(C)C)c([2H])c4-c4c(C(C)(C)C)c([2H])c([2H])c([2H])c4C(C)(C)C)c4cc(-c5cc(C(C)(C)C)cc(C(C)(C)C)c5)cc2c43)c(C(C)(C)C)c1[2H]. The van der Waals surface area contributed by atoms with Gasteiger partial charge in [0, 0.05) is 77.9 Å². The van der Waals surface area contributed by atoms with Crippen LogP contribution in [0.4, 0.5) is 34.1 Å². The van der Waals surface area contributed by atoms with E-state index in [4.69, 9.17) is 0 Å². The maximum atomic E-state index is 12.1. The summed E-state index contributed by atoms with van der Waals surface area (Å²) in [6.45, 7) is 53.0. The summed E-state index contributed by atoms with van der Waals surface area (Å²) in [7, 11) is 0. The van der Waals surface area contributed by atoms with E-state index in [1.807, 2.05) is 65.8 Å². The molecule has 0 radical (unpaired) electrons. The largest absolute Gasteiger partial charge is 0.310 e. The monoisotopic (exact) mass is 1730 g/mol. The Balaban J connectivity index is 1.27. The van der Waals surface area contributed by atoms with E-state index in [0.29, 0.717) is 5.56 Å². The number of nitrogens with zero attached hydrogens (tertiary/aromatic N) is 4. The molecule has 5 heteroatoms. The molecule has 0 amide bonds. The summed E-state index contributed by atoms with van der Waals surface area (Å²) >= 11 is 0. The maximum absolute atomic E-state index is 12.1. The van der Waals surface area contributed by atoms with E-state index in [1.54, 1.807) is 212 Å². The van der Waals surface area contributed by atoms with Gasteiger partial charge in [0.2, 0.25) is 0 Å². The first-order valence-corrected chi connectivity index (χ1v) is 44.7. The zero-order valence-electron chi connectivity index (χ0n) is 114. The molecular weight excluding hydrogens is 1560 g/mol. The van der Waals surface area contributed by atoms with E-state index < -0.39 is 289 Å². The Labute approximate surface area is 819 Å². The standard InChI is InChI=1S/C124H135BN4/c1-115(2,3)80-57-53-76(54-58-80)92-70-84(119(13,14)15)72-94(110-96(121(19,20)21)45-39-46-97(110)122(22,23)24)113(92)128-106-74-86(126-102-49-35-31-41-88(102)89-42-32-36-50-103(89)126)61-63-100(106)125-101-64-62-87(127-104-51-37-33-43-90(104)91-44-34-38-52-105(91)127)75-107(101)129(109-68-79(67-108(128)112(109)125)78-65-82(117(7,8)9)69-83(66-78)118(10,11)12)114-93(77-55-59-81(60-56-77)116(4,5)6)71-85(120(16,17)18)73-95(114)111-98(123(25,26)27)47-40-48-99(111)124(28,29)30/h31-75H,1-30H3/i31D,32D,33D,34D,35D,36D,37D,38D,39D,40D,41D,42D,43D,44D,45D,46D,47D,48D,49D,50D,51D,52D,53D,54D,55D,56D,57D,58D,59D,60D,70D,71D,72D,73D. The Morgan fingerprint density at radius 3 is 0.798 bits per heavy atom. The number of rotatable bonds is 9. The van der Waals surface area contributed by atoms with E-state index >= 15 is 0 Å². The lowest BCUT2D eigenvalue weighted by Crippen LogP contribution is -2.61. The fourth-order valence-corrected chi connectivity index (χ4v) is 18.1. The van der Waals surface area contributed by atoms with E-state index in [-0.39, 0.29) is 178 Å². The molecule has 0 unspecified atom stereocenters. The van der Waals surface area contributed by atoms with Crippen molar-refractivity contribution in [3.63, 3.8) is 0 Å². The highest BCUT2D eigenvalue weighted by Gasteiger charge is 2.48. The van der Waals surface area contributed by atoms with Gasteiger partial charge in [-0.15, -0.1) is 0 Å². The van der Waals surface area contributed by atoms with Crippen LogP contribution in [0.2, 0.25) is 0 Å². The van der Waals surface area contributed by atoms with Crippen molar-refractivity contribution in [3.8, 4) is 67.0 Å². The first kappa shape index (κ1) is 56.0. The van der Waals surface area contributed by atoms with Crippen molar-refractivity contribution in [2.75, 3.05) is 9.80 Å². The van der Waals surface area contributed by atoms with Gasteiger partial charge in [0.15, 0.2) is 0 Å². The lowest BCUT2D eigenvalue weighted by Gasteiger charge is -2.47. The molecule has 0 spiro atoms. The number of para-hydroxylation sites is 4. The quantitative estimate of drug-likeness (QED) is 0.134. The highest BCUT2D eigenvalue weighted by molar-refractivity contribution is 7.00. The zero-order valence-corrected chi connectivity index (χ0v) is 80.2. The lowest BCUT2D eigenvalue weighted by atomic mass is 9.33. The first-order chi connectivity index (χ1) is 74.5. The molecular formula is C124H135BN4. The molecule has 2 aromatic heterocycles. The van der Waals surface area contributed by atoms with Gasteiger partial charge in [0.05, 0.1) is 80.0 Å². The van der Waals surface area contributed by atoms with Crippen LogP contribution in [0, 0.1) is 0 Å². The van der Waals surface area contributed by atoms with Gasteiger partial charge in [0.25, 0.3) is 6.71 Å². The van der Waals surface area contributed by atoms with E-state index in [0.717, 1.165) is 11.1 Å². The van der Waals surface area contributed by atoms with Gasteiger partial charge in [0.1, 0.15) is 0 Å². The molecule has 654 valence electrons. The molecule has 0 bridgehead atoms. The highest BCUT2D eigenvalue weighted by Crippen LogP contribution is 2.59. The van der Waals surface area contributed by atoms with E-state index in [2.05, 4.69) is 6.07 Å². The summed E-state index contributed by atoms with van der Waals surface area (Å²) in [5, 5.41) is -1.39. The summed E-state index contributed by atoms with van der Waals surface area (Å²) in [4.78, 5) is 3.35. The predicted molar refractivity (Wildman–Crippen MR) is 563 cm³/mol. The van der Waals surface area contributed by atoms with Gasteiger partial charge in [-0.1, -0.05) is 395 Å². The molecule has 2 aliphatic heterocycles. The van der Waals surface area contributed by atoms with Gasteiger partial charge < -0.3 is 18.9 Å². The van der Waals surface area contributed by atoms with Crippen molar-refractivity contribution in [2.24, 2.45) is 0 Å². The Morgan fingerprint density at radius 2 is 0.512 bits per heavy atom. The minimum atomic E-state index is -1.55. The zero-order chi connectivity index (χ0) is 122. The average Bonchev–Trinajstić information content (AvgIpc) is 1.38. The van der Waals surface area contributed by atoms with Crippen molar-refractivity contribution in [3.05, 3.63) is 328 Å². The molecule has 18 rings (SSSR count). The summed E-state index contributed by atoms with van der Waals surface area (Å²) < 4.78 is 359. The minimum absolute atomic E-state index is 0.0346. The van der Waals surface area contributed by atoms with Gasteiger partial charge in [-0.2, -0.15) is 0 Å². The number of hydrogen-bond donors (Lipinski definition) is 0. The molecule has 0 N–H and O–H groups in total. The second-order valence-corrected chi connectivity index (χ2v) is 45.3. The van der Waals surface area contributed by atoms with Crippen LogP contribution in [0.15, 0.2) is 272 Å². The second kappa shape index (κ2) is 30.5. The van der Waals surface area contributed by atoms with E-state index in [9.17, 15) is 46.6 Å². The van der Waals surface area contributed by atoms with Crippen LogP contribution >= 0.6 is 0 Å². The summed E-state index contributed by atoms with van der Waals surface area (Å²) in [6, 6.07) is -2.95. The normalized spacial score (nSPS) is 17.5. The summed E-state index contributed by atoms with van der Waals surface area (Å²) in [5.74, 6) is 0. The van der Waals surface area contributed by atoms with Gasteiger partial charge >= 0.3 is 0 Å². The molecule has 0 aliphatic carbocycles. The van der Waals surface area contributed by atoms with Crippen LogP contribution in [0.25, 0.3) is 111 Å². The molecule has 4 nitrogen and oxygen atoms in total. The third kappa shape index (κ3) is 15.4. The minimum Gasteiger partial charge on any atom is -0.310 e. The second-order valence-electron chi connectivity index (χ2n) is 45.3. The Kier molecular flexibility index (Phi) is 13.2. The Bertz CT molecular complexity index is 8560. The fraction of sp³-hybridized carbons (Fsp3) is 0.323. The molecule has 0 saturated carbocycles. The van der Waals surface area contributed by atoms with Crippen LogP contribution in [0.1, 0.15) is 310 Å². The van der Waals surface area contributed by atoms with Crippen molar-refractivity contribution >= 4 is 101 Å². The van der Waals surface area contributed by atoms with Crippen molar-refractivity contribution in [1.82, 2.24) is 9.13 Å². The predicted octanol–water partition coefficient (Wildman–Crippen LogP) is 33.3. The third-order valence-corrected chi connectivity index (χ3v) is 25.0. The molecule has 4 heterocycles. The number of anilines is 6. The fourth-order valence-electron chi connectivity index (χ4n) is 18.1. The molecule has 129 heavy (non-hydrogen) atoms. The average molecular weight is 1730 g/mol. The molecule has 0 fully saturated rings. The first-order valence-electron chi connectivity index (χ1n) is 61.7. The van der Waals surface area contributed by atoms with Crippen LogP contribution in [0.5, 0.6) is 0 Å². The highest BCUT2D eigenvalue weighted by atomic mass is 15.2. The molecule has 14 aromatic carbocycles. The van der Waals surface area contributed by atoms with Gasteiger partial charge in [-0.05, 0) is 244 Å². The maximum Gasteiger partial charge on any atom is 0.252 e. The molecule has 2 aliphatic rings. The smallest absolute Gasteiger partial charge is 0.252 e. The molecule has 0 saturated heterocycles. The Hall–Kier alpha value is -11.7. The van der Waals surface area contributed by atoms with E-state index in [1.165, 1.54) is 9.13 Å². The third-order valence-electron chi connectivity index (χ3n) is 25.0. The molecule has 0 atom stereocenters. The van der Waals surface area contributed by atoms with Crippen LogP contribution in [-0.4, -0.2) is 15.8 Å². The van der Waals surface area contributed by atoms with Gasteiger partial charge in [-0.25, -0.2) is 0 Å². The van der Waals surface area contributed by atoms with Crippen LogP contribution in [-0.2, 0) is 54.1 Å². The Morgan fingerprint density at radius 1 is 0.233 bits per heavy atom. The number of aromatic nitrogens is 2. The number of fused-ring (bicyclic) bond motifs is 10.